The Hall–Kier alpha value is -1.78. The van der Waals surface area contributed by atoms with Crippen molar-refractivity contribution in [2.24, 2.45) is 0 Å². The van der Waals surface area contributed by atoms with Gasteiger partial charge in [-0.25, -0.2) is 9.97 Å². The summed E-state index contributed by atoms with van der Waals surface area (Å²) in [5, 5.41) is 1.80. The van der Waals surface area contributed by atoms with E-state index in [0.717, 1.165) is 11.1 Å². The molecule has 20 heavy (non-hydrogen) atoms. The van der Waals surface area contributed by atoms with Crippen LogP contribution in [0.1, 0.15) is 6.92 Å². The highest BCUT2D eigenvalue weighted by atomic mass is 35.5. The van der Waals surface area contributed by atoms with Gasteiger partial charge in [0, 0.05) is 23.8 Å². The summed E-state index contributed by atoms with van der Waals surface area (Å²) in [6.45, 7) is 2.41. The lowest BCUT2D eigenvalue weighted by Crippen LogP contribution is -1.98. The molecule has 3 rings (SSSR count). The summed E-state index contributed by atoms with van der Waals surface area (Å²) in [5.74, 6) is 0.551. The van der Waals surface area contributed by atoms with Crippen molar-refractivity contribution < 1.29 is 4.74 Å². The molecule has 6 heteroatoms. The molecule has 0 aliphatic carbocycles. The van der Waals surface area contributed by atoms with Crippen molar-refractivity contribution in [1.29, 1.82) is 0 Å². The molecule has 0 unspecified atom stereocenters. The number of aromatic nitrogens is 3. The number of rotatable bonds is 3. The van der Waals surface area contributed by atoms with Gasteiger partial charge in [0.2, 0.25) is 0 Å². The van der Waals surface area contributed by atoms with Crippen molar-refractivity contribution in [1.82, 2.24) is 14.5 Å². The Bertz CT molecular complexity index is 757. The van der Waals surface area contributed by atoms with Crippen molar-refractivity contribution >= 4 is 34.1 Å². The predicted molar refractivity (Wildman–Crippen MR) is 80.1 cm³/mol. The van der Waals surface area contributed by atoms with Gasteiger partial charge in [-0.3, -0.25) is 0 Å². The van der Waals surface area contributed by atoms with E-state index in [-0.39, 0.29) is 0 Å². The van der Waals surface area contributed by atoms with Crippen LogP contribution < -0.4 is 4.74 Å². The summed E-state index contributed by atoms with van der Waals surface area (Å²) >= 11 is 12.3. The Morgan fingerprint density at radius 3 is 2.85 bits per heavy atom. The topological polar surface area (TPSA) is 39.9 Å². The molecule has 2 heterocycles. The Kier molecular flexibility index (Phi) is 3.51. The molecule has 0 amide bonds. The van der Waals surface area contributed by atoms with Crippen LogP contribution in [0.4, 0.5) is 0 Å². The minimum atomic E-state index is 0.379. The van der Waals surface area contributed by atoms with Crippen molar-refractivity contribution in [3.8, 4) is 11.4 Å². The number of imidazole rings is 1. The molecule has 0 atom stereocenters. The van der Waals surface area contributed by atoms with E-state index < -0.39 is 0 Å². The van der Waals surface area contributed by atoms with E-state index >= 15 is 0 Å². The number of pyridine rings is 1. The SMILES string of the molecule is CCOc1c(Cl)ccc2c(-n3ccnc3)cc(Cl)nc12. The Morgan fingerprint density at radius 2 is 2.15 bits per heavy atom. The summed E-state index contributed by atoms with van der Waals surface area (Å²) in [6, 6.07) is 5.49. The molecular weight excluding hydrogens is 297 g/mol. The molecule has 1 aromatic carbocycles. The zero-order valence-corrected chi connectivity index (χ0v) is 12.2. The molecule has 0 N–H and O–H groups in total. The largest absolute Gasteiger partial charge is 0.490 e. The van der Waals surface area contributed by atoms with Gasteiger partial charge in [0.05, 0.1) is 23.6 Å². The van der Waals surface area contributed by atoms with Crippen molar-refractivity contribution in [3.63, 3.8) is 0 Å². The van der Waals surface area contributed by atoms with E-state index in [1.807, 2.05) is 23.8 Å². The van der Waals surface area contributed by atoms with Crippen LogP contribution in [-0.2, 0) is 0 Å². The fourth-order valence-electron chi connectivity index (χ4n) is 2.09. The Morgan fingerprint density at radius 1 is 1.30 bits per heavy atom. The first-order valence-corrected chi connectivity index (χ1v) is 6.86. The highest BCUT2D eigenvalue weighted by Crippen LogP contribution is 2.36. The maximum Gasteiger partial charge on any atom is 0.164 e. The van der Waals surface area contributed by atoms with Crippen LogP contribution in [0.25, 0.3) is 16.6 Å². The number of ether oxygens (including phenoxy) is 1. The van der Waals surface area contributed by atoms with E-state index in [4.69, 9.17) is 27.9 Å². The molecule has 2 aromatic heterocycles. The first-order chi connectivity index (χ1) is 9.70. The first kappa shape index (κ1) is 13.2. The second kappa shape index (κ2) is 5.31. The van der Waals surface area contributed by atoms with Crippen LogP contribution in [0, 0.1) is 0 Å². The van der Waals surface area contributed by atoms with Crippen LogP contribution in [0.15, 0.2) is 36.9 Å². The summed E-state index contributed by atoms with van der Waals surface area (Å²) in [6.07, 6.45) is 5.26. The lowest BCUT2D eigenvalue weighted by Gasteiger charge is -2.12. The maximum absolute atomic E-state index is 6.18. The average molecular weight is 308 g/mol. The third-order valence-electron chi connectivity index (χ3n) is 2.91. The van der Waals surface area contributed by atoms with Gasteiger partial charge in [-0.05, 0) is 19.1 Å². The quantitative estimate of drug-likeness (QED) is 0.683. The van der Waals surface area contributed by atoms with E-state index in [2.05, 4.69) is 9.97 Å². The first-order valence-electron chi connectivity index (χ1n) is 6.10. The summed E-state index contributed by atoms with van der Waals surface area (Å²) in [7, 11) is 0. The maximum atomic E-state index is 6.18. The third kappa shape index (κ3) is 2.21. The van der Waals surface area contributed by atoms with Gasteiger partial charge in [0.25, 0.3) is 0 Å². The van der Waals surface area contributed by atoms with Gasteiger partial charge < -0.3 is 9.30 Å². The monoisotopic (exact) mass is 307 g/mol. The van der Waals surface area contributed by atoms with Gasteiger partial charge in [0.15, 0.2) is 5.75 Å². The number of fused-ring (bicyclic) bond motifs is 1. The van der Waals surface area contributed by atoms with Gasteiger partial charge in [0.1, 0.15) is 10.7 Å². The average Bonchev–Trinajstić information content (AvgIpc) is 2.95. The fourth-order valence-corrected chi connectivity index (χ4v) is 2.49. The number of hydrogen-bond donors (Lipinski definition) is 0. The Balaban J connectivity index is 2.35. The van der Waals surface area contributed by atoms with Crippen LogP contribution in [0.3, 0.4) is 0 Å². The molecule has 0 bridgehead atoms. The molecule has 0 aliphatic heterocycles. The van der Waals surface area contributed by atoms with Gasteiger partial charge in [-0.2, -0.15) is 0 Å². The molecule has 102 valence electrons. The number of halogens is 2. The lowest BCUT2D eigenvalue weighted by atomic mass is 10.1. The summed E-state index contributed by atoms with van der Waals surface area (Å²) in [4.78, 5) is 8.40. The lowest BCUT2D eigenvalue weighted by molar-refractivity contribution is 0.344. The molecule has 3 aromatic rings. The Labute approximate surface area is 125 Å². The van der Waals surface area contributed by atoms with E-state index in [1.165, 1.54) is 0 Å². The molecular formula is C14H11Cl2N3O. The van der Waals surface area contributed by atoms with Crippen LogP contribution >= 0.6 is 23.2 Å². The van der Waals surface area contributed by atoms with E-state index in [9.17, 15) is 0 Å². The highest BCUT2D eigenvalue weighted by Gasteiger charge is 2.14. The van der Waals surface area contributed by atoms with Gasteiger partial charge >= 0.3 is 0 Å². The van der Waals surface area contributed by atoms with Crippen LogP contribution in [0.5, 0.6) is 5.75 Å². The predicted octanol–water partition coefficient (Wildman–Crippen LogP) is 4.13. The number of nitrogens with zero attached hydrogens (tertiary/aromatic N) is 3. The van der Waals surface area contributed by atoms with Crippen molar-refractivity contribution in [2.75, 3.05) is 6.61 Å². The molecule has 0 radical (unpaired) electrons. The van der Waals surface area contributed by atoms with Gasteiger partial charge in [-0.1, -0.05) is 23.2 Å². The standard InChI is InChI=1S/C14H11Cl2N3O/c1-2-20-14-10(15)4-3-9-11(19-6-5-17-8-19)7-12(16)18-13(9)14/h3-8H,2H2,1H3. The minimum Gasteiger partial charge on any atom is -0.490 e. The van der Waals surface area contributed by atoms with Crippen LogP contribution in [-0.4, -0.2) is 21.1 Å². The second-order valence-electron chi connectivity index (χ2n) is 4.14. The minimum absolute atomic E-state index is 0.379. The van der Waals surface area contributed by atoms with Crippen LogP contribution in [0.2, 0.25) is 10.2 Å². The zero-order chi connectivity index (χ0) is 14.1. The third-order valence-corrected chi connectivity index (χ3v) is 3.40. The second-order valence-corrected chi connectivity index (χ2v) is 4.93. The van der Waals surface area contributed by atoms with E-state index in [0.29, 0.717) is 28.0 Å². The van der Waals surface area contributed by atoms with Gasteiger partial charge in [-0.15, -0.1) is 0 Å². The molecule has 4 nitrogen and oxygen atoms in total. The van der Waals surface area contributed by atoms with E-state index in [1.54, 1.807) is 24.7 Å². The summed E-state index contributed by atoms with van der Waals surface area (Å²) in [5.41, 5.74) is 1.53. The molecule has 0 saturated carbocycles. The normalized spacial score (nSPS) is 10.9. The van der Waals surface area contributed by atoms with Crippen molar-refractivity contribution in [2.45, 2.75) is 6.92 Å². The summed E-state index contributed by atoms with van der Waals surface area (Å²) < 4.78 is 7.47. The van der Waals surface area contributed by atoms with Crippen molar-refractivity contribution in [3.05, 3.63) is 47.1 Å². The number of benzene rings is 1. The fraction of sp³-hybridized carbons (Fsp3) is 0.143. The smallest absolute Gasteiger partial charge is 0.164 e. The highest BCUT2D eigenvalue weighted by molar-refractivity contribution is 6.33. The molecule has 0 aliphatic rings. The molecule has 0 spiro atoms. The molecule has 0 fully saturated rings. The molecule has 0 saturated heterocycles. The zero-order valence-electron chi connectivity index (χ0n) is 10.7. The number of hydrogen-bond acceptors (Lipinski definition) is 3.